The largest absolute Gasteiger partial charge is 1.00 e. The zero-order chi connectivity index (χ0) is 0. The first kappa shape index (κ1) is 43.3. The van der Waals surface area contributed by atoms with Gasteiger partial charge in [-0.25, -0.2) is 0 Å². The van der Waals surface area contributed by atoms with Gasteiger partial charge in [0.15, 0.2) is 0 Å². The standard InChI is InChI=1S/4HI.H3P.Rb/h4*1H;1H3;/q;;;;;+1/p-1. The van der Waals surface area contributed by atoms with E-state index in [2.05, 4.69) is 0 Å². The molecule has 0 heterocycles. The number of halogens is 4. The van der Waals surface area contributed by atoms with Crippen LogP contribution in [0.25, 0.3) is 0 Å². The molecule has 0 saturated carbocycles. The second-order valence-electron chi connectivity index (χ2n) is 0. The SMILES string of the molecule is I.I.I.P.[I-].[Rb+]. The Kier molecular flexibility index (Phi) is 231. The van der Waals surface area contributed by atoms with Crippen molar-refractivity contribution in [2.75, 3.05) is 0 Å². The van der Waals surface area contributed by atoms with Crippen LogP contribution < -0.4 is 82.2 Å². The molecule has 0 spiro atoms. The van der Waals surface area contributed by atoms with Crippen LogP contribution in [0.1, 0.15) is 0 Å². The first-order valence-corrected chi connectivity index (χ1v) is 0. The Morgan fingerprint density at radius 1 is 0.667 bits per heavy atom. The molecule has 0 aromatic heterocycles. The molecule has 0 aromatic carbocycles. The van der Waals surface area contributed by atoms with Crippen LogP contribution in [0.5, 0.6) is 0 Å². The third-order valence-corrected chi connectivity index (χ3v) is 0. The van der Waals surface area contributed by atoms with Crippen molar-refractivity contribution >= 4 is 81.8 Å². The third-order valence-electron chi connectivity index (χ3n) is 0. The van der Waals surface area contributed by atoms with Gasteiger partial charge in [0.2, 0.25) is 0 Å². The summed E-state index contributed by atoms with van der Waals surface area (Å²) < 4.78 is 0. The minimum absolute atomic E-state index is 0. The van der Waals surface area contributed by atoms with Crippen LogP contribution in [0.15, 0.2) is 0 Å². The monoisotopic (exact) mass is 630 g/mol. The maximum atomic E-state index is 0. The molecule has 1 atom stereocenters. The first-order chi connectivity index (χ1) is 0. The number of hydrogen-bond acceptors (Lipinski definition) is 0. The summed E-state index contributed by atoms with van der Waals surface area (Å²) in [6, 6.07) is 0. The summed E-state index contributed by atoms with van der Waals surface area (Å²) in [6.07, 6.45) is 0. The van der Waals surface area contributed by atoms with Gasteiger partial charge in [0.1, 0.15) is 0 Å². The van der Waals surface area contributed by atoms with Crippen molar-refractivity contribution in [3.8, 4) is 0 Å². The van der Waals surface area contributed by atoms with Crippen LogP contribution in [0.3, 0.4) is 0 Å². The number of rotatable bonds is 0. The molecule has 0 N–H and O–H groups in total. The summed E-state index contributed by atoms with van der Waals surface area (Å²) in [5.41, 5.74) is 0. The van der Waals surface area contributed by atoms with Crippen molar-refractivity contribution in [2.45, 2.75) is 0 Å². The zero-order valence-corrected chi connectivity index (χ0v) is 18.8. The summed E-state index contributed by atoms with van der Waals surface area (Å²) in [4.78, 5) is 0. The zero-order valence-electron chi connectivity index (χ0n) is 3.31. The molecular formula is H6I4PRb. The molecule has 0 amide bonds. The molecule has 6 heavy (non-hydrogen) atoms. The van der Waals surface area contributed by atoms with E-state index in [1.165, 1.54) is 0 Å². The van der Waals surface area contributed by atoms with Gasteiger partial charge in [-0.1, -0.05) is 0 Å². The molecule has 0 aliphatic rings. The summed E-state index contributed by atoms with van der Waals surface area (Å²) in [5.74, 6) is 0. The normalized spacial score (nSPS) is 0. The molecule has 40 valence electrons. The van der Waals surface area contributed by atoms with Crippen molar-refractivity contribution in [3.05, 3.63) is 0 Å². The van der Waals surface area contributed by atoms with E-state index in [4.69, 9.17) is 0 Å². The quantitative estimate of drug-likeness (QED) is 0.189. The van der Waals surface area contributed by atoms with Crippen LogP contribution in [0.2, 0.25) is 0 Å². The Hall–Kier alpha value is 5.16. The molecule has 0 aromatic rings. The fourth-order valence-corrected chi connectivity index (χ4v) is 0. The Labute approximate surface area is 159 Å². The minimum Gasteiger partial charge on any atom is -1.00 e. The molecule has 0 aliphatic carbocycles. The van der Waals surface area contributed by atoms with E-state index in [0.717, 1.165) is 0 Å². The van der Waals surface area contributed by atoms with Crippen molar-refractivity contribution < 1.29 is 82.2 Å². The maximum absolute atomic E-state index is 0. The van der Waals surface area contributed by atoms with Crippen molar-refractivity contribution in [2.24, 2.45) is 0 Å². The maximum Gasteiger partial charge on any atom is 1.00 e. The summed E-state index contributed by atoms with van der Waals surface area (Å²) in [7, 11) is 0. The van der Waals surface area contributed by atoms with E-state index in [9.17, 15) is 0 Å². The summed E-state index contributed by atoms with van der Waals surface area (Å²) >= 11 is 0. The topological polar surface area (TPSA) is 0 Å². The Morgan fingerprint density at radius 2 is 0.667 bits per heavy atom. The average molecular weight is 630 g/mol. The molecule has 0 fully saturated rings. The van der Waals surface area contributed by atoms with E-state index in [1.807, 2.05) is 0 Å². The molecule has 0 bridgehead atoms. The third kappa shape index (κ3) is 22.9. The average Bonchev–Trinajstić information content (AvgIpc) is 0. The summed E-state index contributed by atoms with van der Waals surface area (Å²) in [5, 5.41) is 0. The molecule has 1 unspecified atom stereocenters. The van der Waals surface area contributed by atoms with Gasteiger partial charge in [0.25, 0.3) is 0 Å². The van der Waals surface area contributed by atoms with Crippen molar-refractivity contribution in [1.82, 2.24) is 0 Å². The van der Waals surface area contributed by atoms with Gasteiger partial charge >= 0.3 is 58.2 Å². The van der Waals surface area contributed by atoms with Crippen LogP contribution in [0.4, 0.5) is 0 Å². The van der Waals surface area contributed by atoms with Gasteiger partial charge in [-0.3, -0.25) is 0 Å². The fourth-order valence-electron chi connectivity index (χ4n) is 0. The Bertz CT molecular complexity index is 7.51. The van der Waals surface area contributed by atoms with E-state index >= 15 is 0 Å². The molecule has 0 rings (SSSR count). The van der Waals surface area contributed by atoms with Gasteiger partial charge in [-0.05, 0) is 0 Å². The predicted molar refractivity (Wildman–Crippen MR) is 57.4 cm³/mol. The van der Waals surface area contributed by atoms with Gasteiger partial charge in [-0.2, -0.15) is 9.90 Å². The Morgan fingerprint density at radius 3 is 0.667 bits per heavy atom. The van der Waals surface area contributed by atoms with Crippen LogP contribution >= 0.6 is 81.8 Å². The van der Waals surface area contributed by atoms with Gasteiger partial charge in [0.05, 0.1) is 0 Å². The van der Waals surface area contributed by atoms with Gasteiger partial charge < -0.3 is 24.0 Å². The Balaban J connectivity index is 0. The molecule has 6 heteroatoms. The second kappa shape index (κ2) is 32.0. The van der Waals surface area contributed by atoms with Crippen molar-refractivity contribution in [1.29, 1.82) is 0 Å². The first-order valence-electron chi connectivity index (χ1n) is 0. The van der Waals surface area contributed by atoms with Crippen LogP contribution in [-0.4, -0.2) is 0 Å². The molecular weight excluding hydrogens is 624 g/mol. The van der Waals surface area contributed by atoms with E-state index in [1.54, 1.807) is 0 Å². The molecule has 0 aliphatic heterocycles. The van der Waals surface area contributed by atoms with Crippen LogP contribution in [-0.2, 0) is 0 Å². The van der Waals surface area contributed by atoms with E-state index < -0.39 is 0 Å². The smallest absolute Gasteiger partial charge is 1.00 e. The fraction of sp³-hybridized carbons (Fsp3) is 0. The minimum atomic E-state index is 0. The summed E-state index contributed by atoms with van der Waals surface area (Å²) in [6.45, 7) is 0. The molecule has 0 nitrogen and oxygen atoms in total. The van der Waals surface area contributed by atoms with E-state index in [0.29, 0.717) is 0 Å². The van der Waals surface area contributed by atoms with E-state index in [-0.39, 0.29) is 164 Å². The molecule has 0 radical (unpaired) electrons. The second-order valence-corrected chi connectivity index (χ2v) is 0. The molecule has 0 saturated heterocycles. The number of hydrogen-bond donors (Lipinski definition) is 0. The van der Waals surface area contributed by atoms with Crippen LogP contribution in [0, 0.1) is 0 Å². The predicted octanol–water partition coefficient (Wildman–Crippen LogP) is -4.08. The van der Waals surface area contributed by atoms with Gasteiger partial charge in [-0.15, -0.1) is 71.9 Å². The van der Waals surface area contributed by atoms with Crippen molar-refractivity contribution in [3.63, 3.8) is 0 Å². The van der Waals surface area contributed by atoms with Gasteiger partial charge in [0, 0.05) is 0 Å².